The maximum atomic E-state index is 9.95. The van der Waals surface area contributed by atoms with Crippen molar-refractivity contribution in [2.24, 2.45) is 5.92 Å². The van der Waals surface area contributed by atoms with Crippen molar-refractivity contribution in [1.29, 1.82) is 0 Å². The van der Waals surface area contributed by atoms with Crippen LogP contribution in [0.3, 0.4) is 0 Å². The van der Waals surface area contributed by atoms with Crippen molar-refractivity contribution in [3.8, 4) is 11.5 Å². The molecule has 1 N–H and O–H groups in total. The molecule has 0 atom stereocenters. The summed E-state index contributed by atoms with van der Waals surface area (Å²) in [5, 5.41) is 9.95. The molecule has 2 rings (SSSR count). The van der Waals surface area contributed by atoms with Crippen molar-refractivity contribution in [1.82, 2.24) is 0 Å². The van der Waals surface area contributed by atoms with Gasteiger partial charge in [-0.25, -0.2) is 0 Å². The van der Waals surface area contributed by atoms with Crippen LogP contribution in [0, 0.1) is 12.8 Å². The van der Waals surface area contributed by atoms with Crippen molar-refractivity contribution >= 4 is 12.2 Å². The molecule has 1 aromatic carbocycles. The first-order valence-corrected chi connectivity index (χ1v) is 9.24. The minimum Gasteiger partial charge on any atom is -0.504 e. The van der Waals surface area contributed by atoms with Gasteiger partial charge in [0.15, 0.2) is 11.5 Å². The van der Waals surface area contributed by atoms with Crippen LogP contribution in [0.1, 0.15) is 76.5 Å². The number of rotatable bonds is 5. The Kier molecular flexibility index (Phi) is 11.8. The van der Waals surface area contributed by atoms with Gasteiger partial charge < -0.3 is 9.84 Å². The molecule has 1 aromatic rings. The summed E-state index contributed by atoms with van der Waals surface area (Å²) in [6, 6.07) is 1.97. The van der Waals surface area contributed by atoms with Crippen LogP contribution in [0.5, 0.6) is 11.5 Å². The molecular weight excluding hydrogens is 296 g/mol. The highest BCUT2D eigenvalue weighted by Gasteiger charge is 2.15. The zero-order valence-corrected chi connectivity index (χ0v) is 16.5. The van der Waals surface area contributed by atoms with Gasteiger partial charge in [0.2, 0.25) is 0 Å². The first-order valence-electron chi connectivity index (χ1n) is 9.24. The number of phenols is 1. The molecule has 0 spiro atoms. The van der Waals surface area contributed by atoms with Gasteiger partial charge in [0.05, 0.1) is 7.11 Å². The fraction of sp³-hybridized carbons (Fsp3) is 0.545. The Morgan fingerprint density at radius 3 is 2.29 bits per heavy atom. The molecule has 2 nitrogen and oxygen atoms in total. The molecule has 1 fully saturated rings. The smallest absolute Gasteiger partial charge is 0.165 e. The summed E-state index contributed by atoms with van der Waals surface area (Å²) < 4.78 is 5.13. The van der Waals surface area contributed by atoms with E-state index in [1.165, 1.54) is 32.1 Å². The largest absolute Gasteiger partial charge is 0.504 e. The van der Waals surface area contributed by atoms with Gasteiger partial charge in [-0.2, -0.15) is 0 Å². The van der Waals surface area contributed by atoms with Crippen LogP contribution in [-0.4, -0.2) is 12.2 Å². The van der Waals surface area contributed by atoms with Crippen LogP contribution < -0.4 is 4.74 Å². The highest BCUT2D eigenvalue weighted by Crippen LogP contribution is 2.37. The van der Waals surface area contributed by atoms with Crippen molar-refractivity contribution < 1.29 is 9.84 Å². The molecule has 0 unspecified atom stereocenters. The molecule has 1 aliphatic carbocycles. The fourth-order valence-corrected chi connectivity index (χ4v) is 2.80. The first-order chi connectivity index (χ1) is 11.6. The van der Waals surface area contributed by atoms with Crippen LogP contribution in [0.4, 0.5) is 0 Å². The Bertz CT molecular complexity index is 511. The Morgan fingerprint density at radius 2 is 1.96 bits per heavy atom. The summed E-state index contributed by atoms with van der Waals surface area (Å²) in [6.07, 6.45) is 12.9. The lowest BCUT2D eigenvalue weighted by molar-refractivity contribution is 0.294. The van der Waals surface area contributed by atoms with Gasteiger partial charge in [-0.1, -0.05) is 77.7 Å². The Hall–Kier alpha value is -1.70. The maximum absolute atomic E-state index is 9.95. The van der Waals surface area contributed by atoms with Crippen molar-refractivity contribution in [3.05, 3.63) is 35.4 Å². The summed E-state index contributed by atoms with van der Waals surface area (Å²) in [5.74, 6) is 1.80. The molecule has 0 radical (unpaired) electrons. The predicted octanol–water partition coefficient (Wildman–Crippen LogP) is 7.00. The summed E-state index contributed by atoms with van der Waals surface area (Å²) in [5.41, 5.74) is 2.56. The Morgan fingerprint density at radius 1 is 1.33 bits per heavy atom. The van der Waals surface area contributed by atoms with E-state index in [0.717, 1.165) is 17.0 Å². The summed E-state index contributed by atoms with van der Waals surface area (Å²) in [6.45, 7) is 13.8. The minimum atomic E-state index is 0.153. The number of phenolic OH excluding ortho intramolecular Hbond substituents is 1. The second kappa shape index (κ2) is 12.7. The van der Waals surface area contributed by atoms with Crippen LogP contribution in [0.15, 0.2) is 18.7 Å². The lowest BCUT2D eigenvalue weighted by Crippen LogP contribution is -2.09. The van der Waals surface area contributed by atoms with Gasteiger partial charge >= 0.3 is 0 Å². The molecule has 136 valence electrons. The molecule has 1 aliphatic rings. The van der Waals surface area contributed by atoms with Crippen LogP contribution in [-0.2, 0) is 0 Å². The standard InChI is InChI=1S/C13H16O2.C7H14.C2H6/c1-5-7-10-8-9(3)13(15-4)12(14)11(10)6-2;1-2-4-7-5-3-6-7;1-2/h5-8,14H,2H2,1,3-4H3;7H,2-6H2,1H3;1-2H3/b7-5-;;. The summed E-state index contributed by atoms with van der Waals surface area (Å²) in [7, 11) is 1.55. The van der Waals surface area contributed by atoms with E-state index in [9.17, 15) is 5.11 Å². The lowest BCUT2D eigenvalue weighted by atomic mass is 9.82. The molecule has 0 amide bonds. The Labute approximate surface area is 149 Å². The molecule has 0 bridgehead atoms. The highest BCUT2D eigenvalue weighted by molar-refractivity contribution is 5.73. The van der Waals surface area contributed by atoms with E-state index in [1.807, 2.05) is 45.9 Å². The third-order valence-corrected chi connectivity index (χ3v) is 4.19. The van der Waals surface area contributed by atoms with E-state index in [0.29, 0.717) is 11.3 Å². The highest BCUT2D eigenvalue weighted by atomic mass is 16.5. The molecular formula is C22H36O2. The first kappa shape index (κ1) is 22.3. The lowest BCUT2D eigenvalue weighted by Gasteiger charge is -2.24. The molecule has 0 heterocycles. The Balaban J connectivity index is 0.000000488. The number of allylic oxidation sites excluding steroid dienone is 1. The second-order valence-corrected chi connectivity index (χ2v) is 5.87. The number of methoxy groups -OCH3 is 1. The molecule has 2 heteroatoms. The predicted molar refractivity (Wildman–Crippen MR) is 108 cm³/mol. The number of benzene rings is 1. The average molecular weight is 333 g/mol. The van der Waals surface area contributed by atoms with E-state index in [1.54, 1.807) is 13.2 Å². The van der Waals surface area contributed by atoms with E-state index in [4.69, 9.17) is 4.74 Å². The zero-order chi connectivity index (χ0) is 18.5. The normalized spacial score (nSPS) is 13.2. The van der Waals surface area contributed by atoms with Gasteiger partial charge in [0.25, 0.3) is 0 Å². The molecule has 0 aromatic heterocycles. The molecule has 1 saturated carbocycles. The maximum Gasteiger partial charge on any atom is 0.165 e. The number of aromatic hydroxyl groups is 1. The van der Waals surface area contributed by atoms with E-state index >= 15 is 0 Å². The average Bonchev–Trinajstić information content (AvgIpc) is 2.54. The van der Waals surface area contributed by atoms with Gasteiger partial charge in [0, 0.05) is 5.56 Å². The van der Waals surface area contributed by atoms with Gasteiger partial charge in [-0.05, 0) is 37.0 Å². The van der Waals surface area contributed by atoms with Crippen LogP contribution in [0.2, 0.25) is 0 Å². The van der Waals surface area contributed by atoms with E-state index in [2.05, 4.69) is 13.5 Å². The van der Waals surface area contributed by atoms with Crippen molar-refractivity contribution in [3.63, 3.8) is 0 Å². The van der Waals surface area contributed by atoms with Crippen LogP contribution >= 0.6 is 0 Å². The van der Waals surface area contributed by atoms with Gasteiger partial charge in [0.1, 0.15) is 0 Å². The molecule has 0 aliphatic heterocycles. The van der Waals surface area contributed by atoms with Crippen LogP contribution in [0.25, 0.3) is 12.2 Å². The number of hydrogen-bond donors (Lipinski definition) is 1. The molecule has 24 heavy (non-hydrogen) atoms. The zero-order valence-electron chi connectivity index (χ0n) is 16.5. The minimum absolute atomic E-state index is 0.153. The summed E-state index contributed by atoms with van der Waals surface area (Å²) >= 11 is 0. The van der Waals surface area contributed by atoms with Gasteiger partial charge in [-0.3, -0.25) is 0 Å². The SMILES string of the molecule is C=Cc1c(/C=C\C)cc(C)c(OC)c1O.CC.CCCC1CCC1. The third kappa shape index (κ3) is 6.43. The fourth-order valence-electron chi connectivity index (χ4n) is 2.80. The van der Waals surface area contributed by atoms with Crippen molar-refractivity contribution in [2.75, 3.05) is 7.11 Å². The second-order valence-electron chi connectivity index (χ2n) is 5.87. The van der Waals surface area contributed by atoms with Crippen molar-refractivity contribution in [2.45, 2.75) is 66.7 Å². The number of hydrogen-bond acceptors (Lipinski definition) is 2. The number of ether oxygens (including phenoxy) is 1. The van der Waals surface area contributed by atoms with E-state index < -0.39 is 0 Å². The monoisotopic (exact) mass is 332 g/mol. The molecule has 0 saturated heterocycles. The quantitative estimate of drug-likeness (QED) is 0.629. The van der Waals surface area contributed by atoms with E-state index in [-0.39, 0.29) is 5.75 Å². The summed E-state index contributed by atoms with van der Waals surface area (Å²) in [4.78, 5) is 0. The topological polar surface area (TPSA) is 29.5 Å². The third-order valence-electron chi connectivity index (χ3n) is 4.19. The number of aryl methyl sites for hydroxylation is 1. The van der Waals surface area contributed by atoms with Gasteiger partial charge in [-0.15, -0.1) is 0 Å².